The lowest BCUT2D eigenvalue weighted by Gasteiger charge is -2.15. The molecule has 0 N–H and O–H groups in total. The second-order valence-corrected chi connectivity index (χ2v) is 8.96. The summed E-state index contributed by atoms with van der Waals surface area (Å²) in [6, 6.07) is 18.7. The van der Waals surface area contributed by atoms with Crippen molar-refractivity contribution in [2.24, 2.45) is 0 Å². The van der Waals surface area contributed by atoms with E-state index in [9.17, 15) is 39.4 Å². The zero-order valence-electron chi connectivity index (χ0n) is 20.5. The predicted octanol–water partition coefficient (Wildman–Crippen LogP) is 4.90. The smallest absolute Gasteiger partial charge is 0.271 e. The SMILES string of the molecule is O=C1c2ccc(Oc3cccc(N4C(=O)c5ccc([N+](=O)[O-])cc5C4=O)c3)cc2C(=O)N1c1cccc([N+](=O)[O-])c1. The molecule has 13 nitrogen and oxygen atoms in total. The number of anilines is 2. The van der Waals surface area contributed by atoms with Crippen LogP contribution >= 0.6 is 0 Å². The average Bonchev–Trinajstić information content (AvgIpc) is 3.36. The van der Waals surface area contributed by atoms with E-state index in [0.717, 1.165) is 28.0 Å². The van der Waals surface area contributed by atoms with Crippen LogP contribution in [0.15, 0.2) is 84.9 Å². The van der Waals surface area contributed by atoms with Crippen molar-refractivity contribution in [1.29, 1.82) is 0 Å². The minimum absolute atomic E-state index is 0.0251. The van der Waals surface area contributed by atoms with E-state index in [1.165, 1.54) is 60.7 Å². The number of hydrogen-bond donors (Lipinski definition) is 0. The van der Waals surface area contributed by atoms with Crippen LogP contribution in [0.2, 0.25) is 0 Å². The third-order valence-corrected chi connectivity index (χ3v) is 6.55. The molecule has 0 radical (unpaired) electrons. The number of amides is 4. The van der Waals surface area contributed by atoms with E-state index in [1.54, 1.807) is 6.07 Å². The van der Waals surface area contributed by atoms with Gasteiger partial charge >= 0.3 is 0 Å². The van der Waals surface area contributed by atoms with Gasteiger partial charge in [0.15, 0.2) is 0 Å². The normalized spacial score (nSPS) is 13.9. The predicted molar refractivity (Wildman–Crippen MR) is 141 cm³/mol. The molecule has 0 spiro atoms. The fourth-order valence-electron chi connectivity index (χ4n) is 4.66. The van der Waals surface area contributed by atoms with Gasteiger partial charge in [-0.1, -0.05) is 12.1 Å². The zero-order valence-corrected chi connectivity index (χ0v) is 20.5. The fourth-order valence-corrected chi connectivity index (χ4v) is 4.66. The number of ether oxygens (including phenoxy) is 1. The minimum Gasteiger partial charge on any atom is -0.457 e. The van der Waals surface area contributed by atoms with Gasteiger partial charge in [-0.25, -0.2) is 9.80 Å². The standard InChI is InChI=1S/C28H14N4O9/c33-25-21-9-7-18(32(39)40)13-23(21)27(35)30(25)16-4-2-6-19(12-16)41-20-8-10-22-24(14-20)28(36)29(26(22)34)15-3-1-5-17(11-15)31(37)38/h1-14H. The van der Waals surface area contributed by atoms with Crippen molar-refractivity contribution in [2.75, 3.05) is 9.80 Å². The molecule has 6 rings (SSSR count). The van der Waals surface area contributed by atoms with Gasteiger partial charge in [0.25, 0.3) is 35.0 Å². The number of benzene rings is 4. The van der Waals surface area contributed by atoms with Gasteiger partial charge in [-0.15, -0.1) is 0 Å². The molecule has 0 bridgehead atoms. The average molecular weight is 550 g/mol. The summed E-state index contributed by atoms with van der Waals surface area (Å²) in [5.74, 6) is -2.36. The van der Waals surface area contributed by atoms with Gasteiger partial charge in [0.1, 0.15) is 11.5 Å². The molecule has 0 fully saturated rings. The summed E-state index contributed by atoms with van der Waals surface area (Å²) >= 11 is 0. The van der Waals surface area contributed by atoms with Crippen molar-refractivity contribution in [1.82, 2.24) is 0 Å². The Morgan fingerprint density at radius 2 is 1.00 bits per heavy atom. The van der Waals surface area contributed by atoms with Crippen LogP contribution in [0, 0.1) is 20.2 Å². The molecule has 4 aromatic rings. The maximum Gasteiger partial charge on any atom is 0.271 e. The molecule has 2 aliphatic heterocycles. The third kappa shape index (κ3) is 4.04. The topological polar surface area (TPSA) is 170 Å². The highest BCUT2D eigenvalue weighted by Gasteiger charge is 2.39. The van der Waals surface area contributed by atoms with E-state index in [1.807, 2.05) is 0 Å². The molecule has 0 unspecified atom stereocenters. The highest BCUT2D eigenvalue weighted by atomic mass is 16.6. The van der Waals surface area contributed by atoms with Crippen molar-refractivity contribution in [2.45, 2.75) is 0 Å². The molecular weight excluding hydrogens is 536 g/mol. The first-order valence-corrected chi connectivity index (χ1v) is 11.9. The van der Waals surface area contributed by atoms with Crippen LogP contribution in [0.5, 0.6) is 11.5 Å². The Bertz CT molecular complexity index is 1880. The summed E-state index contributed by atoms with van der Waals surface area (Å²) in [5.41, 5.74) is -0.350. The van der Waals surface area contributed by atoms with Crippen LogP contribution in [0.1, 0.15) is 41.4 Å². The van der Waals surface area contributed by atoms with Crippen LogP contribution in [0.3, 0.4) is 0 Å². The number of carbonyl (C=O) groups is 4. The van der Waals surface area contributed by atoms with E-state index in [2.05, 4.69) is 0 Å². The molecule has 4 amide bonds. The maximum atomic E-state index is 13.1. The monoisotopic (exact) mass is 550 g/mol. The summed E-state index contributed by atoms with van der Waals surface area (Å²) in [5, 5.41) is 22.3. The largest absolute Gasteiger partial charge is 0.457 e. The lowest BCUT2D eigenvalue weighted by molar-refractivity contribution is -0.385. The number of nitro benzene ring substituents is 2. The van der Waals surface area contributed by atoms with Crippen molar-refractivity contribution >= 4 is 46.4 Å². The molecule has 41 heavy (non-hydrogen) atoms. The molecule has 4 aromatic carbocycles. The number of hydrogen-bond acceptors (Lipinski definition) is 9. The van der Waals surface area contributed by atoms with Gasteiger partial charge in [0, 0.05) is 30.3 Å². The first-order chi connectivity index (χ1) is 19.6. The summed E-state index contributed by atoms with van der Waals surface area (Å²) in [7, 11) is 0. The summed E-state index contributed by atoms with van der Waals surface area (Å²) < 4.78 is 5.87. The van der Waals surface area contributed by atoms with Gasteiger partial charge in [-0.2, -0.15) is 0 Å². The molecule has 2 aliphatic rings. The Balaban J connectivity index is 1.26. The number of carbonyl (C=O) groups excluding carboxylic acids is 4. The lowest BCUT2D eigenvalue weighted by Crippen LogP contribution is -2.29. The van der Waals surface area contributed by atoms with Crippen LogP contribution in [0.25, 0.3) is 0 Å². The van der Waals surface area contributed by atoms with Crippen LogP contribution < -0.4 is 14.5 Å². The molecule has 0 saturated carbocycles. The lowest BCUT2D eigenvalue weighted by atomic mass is 10.1. The summed E-state index contributed by atoms with van der Waals surface area (Å²) in [6.45, 7) is 0. The Morgan fingerprint density at radius 3 is 1.63 bits per heavy atom. The zero-order chi connectivity index (χ0) is 29.0. The van der Waals surface area contributed by atoms with Gasteiger partial charge in [-0.3, -0.25) is 39.4 Å². The Kier molecular flexibility index (Phi) is 5.62. The highest BCUT2D eigenvalue weighted by Crippen LogP contribution is 2.36. The van der Waals surface area contributed by atoms with Crippen molar-refractivity contribution in [3.05, 3.63) is 127 Å². The van der Waals surface area contributed by atoms with Crippen molar-refractivity contribution in [3.63, 3.8) is 0 Å². The Labute approximate surface area is 229 Å². The van der Waals surface area contributed by atoms with E-state index in [-0.39, 0.29) is 56.5 Å². The van der Waals surface area contributed by atoms with Crippen LogP contribution in [-0.2, 0) is 0 Å². The Hall–Kier alpha value is -6.24. The van der Waals surface area contributed by atoms with Gasteiger partial charge in [0.05, 0.1) is 43.5 Å². The number of nitro groups is 2. The maximum absolute atomic E-state index is 13.1. The van der Waals surface area contributed by atoms with Crippen molar-refractivity contribution in [3.8, 4) is 11.5 Å². The summed E-state index contributed by atoms with van der Waals surface area (Å²) in [6.07, 6.45) is 0. The first-order valence-electron chi connectivity index (χ1n) is 11.9. The highest BCUT2D eigenvalue weighted by molar-refractivity contribution is 6.35. The molecule has 0 aliphatic carbocycles. The minimum atomic E-state index is -0.728. The number of non-ortho nitro benzene ring substituents is 2. The van der Waals surface area contributed by atoms with E-state index < -0.39 is 33.5 Å². The van der Waals surface area contributed by atoms with Gasteiger partial charge in [-0.05, 0) is 42.5 Å². The molecule has 0 atom stereocenters. The molecule has 0 saturated heterocycles. The second-order valence-electron chi connectivity index (χ2n) is 8.96. The molecule has 0 aromatic heterocycles. The number of fused-ring (bicyclic) bond motifs is 2. The van der Waals surface area contributed by atoms with Gasteiger partial charge in [0.2, 0.25) is 0 Å². The quantitative estimate of drug-likeness (QED) is 0.184. The van der Waals surface area contributed by atoms with Crippen LogP contribution in [-0.4, -0.2) is 33.5 Å². The molecule has 13 heteroatoms. The van der Waals surface area contributed by atoms with Gasteiger partial charge < -0.3 is 4.74 Å². The molecule has 200 valence electrons. The molecule has 2 heterocycles. The number of rotatable bonds is 6. The van der Waals surface area contributed by atoms with E-state index in [4.69, 9.17) is 4.74 Å². The van der Waals surface area contributed by atoms with Crippen LogP contribution in [0.4, 0.5) is 22.7 Å². The Morgan fingerprint density at radius 1 is 0.512 bits per heavy atom. The summed E-state index contributed by atoms with van der Waals surface area (Å²) in [4.78, 5) is 74.7. The van der Waals surface area contributed by atoms with E-state index >= 15 is 0 Å². The molecular formula is C28H14N4O9. The number of nitrogens with zero attached hydrogens (tertiary/aromatic N) is 4. The third-order valence-electron chi connectivity index (χ3n) is 6.55. The first kappa shape index (κ1) is 25.1. The second kappa shape index (κ2) is 9.20. The fraction of sp³-hybridized carbons (Fsp3) is 0. The number of imide groups is 2. The van der Waals surface area contributed by atoms with E-state index in [0.29, 0.717) is 0 Å². The van der Waals surface area contributed by atoms with Crippen molar-refractivity contribution < 1.29 is 33.8 Å².